The quantitative estimate of drug-likeness (QED) is 0.661. The van der Waals surface area contributed by atoms with Gasteiger partial charge < -0.3 is 5.32 Å². The highest BCUT2D eigenvalue weighted by atomic mass is 79.9. The first-order valence-electron chi connectivity index (χ1n) is 8.31. The van der Waals surface area contributed by atoms with E-state index in [4.69, 9.17) is 11.6 Å². The predicted octanol–water partition coefficient (Wildman–Crippen LogP) is 5.84. The van der Waals surface area contributed by atoms with Crippen LogP contribution in [0.15, 0.2) is 22.7 Å². The van der Waals surface area contributed by atoms with E-state index in [1.807, 2.05) is 6.07 Å². The molecule has 0 heterocycles. The van der Waals surface area contributed by atoms with Gasteiger partial charge in [0.1, 0.15) is 0 Å². The van der Waals surface area contributed by atoms with Gasteiger partial charge in [-0.15, -0.1) is 0 Å². The zero-order valence-corrected chi connectivity index (χ0v) is 15.5. The molecular weight excluding hydrogens is 346 g/mol. The van der Waals surface area contributed by atoms with E-state index in [-0.39, 0.29) is 0 Å². The molecule has 1 aliphatic carbocycles. The topological polar surface area (TPSA) is 12.0 Å². The highest BCUT2D eigenvalue weighted by Gasteiger charge is 2.29. The summed E-state index contributed by atoms with van der Waals surface area (Å²) in [5, 5.41) is 4.66. The predicted molar refractivity (Wildman–Crippen MR) is 96.1 cm³/mol. The van der Waals surface area contributed by atoms with Gasteiger partial charge in [-0.05, 0) is 68.2 Å². The normalized spacial score (nSPS) is 26.0. The summed E-state index contributed by atoms with van der Waals surface area (Å²) in [6, 6.07) is 6.97. The van der Waals surface area contributed by atoms with Crippen molar-refractivity contribution in [3.05, 3.63) is 33.3 Å². The van der Waals surface area contributed by atoms with Crippen molar-refractivity contribution >= 4 is 27.5 Å². The second kappa shape index (κ2) is 8.55. The Morgan fingerprint density at radius 3 is 2.76 bits per heavy atom. The molecule has 2 rings (SSSR count). The van der Waals surface area contributed by atoms with Gasteiger partial charge in [0.15, 0.2) is 0 Å². The lowest BCUT2D eigenvalue weighted by Gasteiger charge is -2.37. The van der Waals surface area contributed by atoms with Crippen molar-refractivity contribution in [1.29, 1.82) is 0 Å². The molecule has 1 aromatic carbocycles. The second-order valence-corrected chi connectivity index (χ2v) is 7.67. The lowest BCUT2D eigenvalue weighted by molar-refractivity contribution is 0.198. The van der Waals surface area contributed by atoms with Gasteiger partial charge in [0, 0.05) is 15.5 Å². The Labute approximate surface area is 143 Å². The van der Waals surface area contributed by atoms with Crippen molar-refractivity contribution in [3.8, 4) is 0 Å². The maximum absolute atomic E-state index is 6.42. The van der Waals surface area contributed by atoms with E-state index >= 15 is 0 Å². The highest BCUT2D eigenvalue weighted by molar-refractivity contribution is 9.10. The zero-order valence-electron chi connectivity index (χ0n) is 13.2. The van der Waals surface area contributed by atoms with Crippen LogP contribution in [0.5, 0.6) is 0 Å². The first kappa shape index (κ1) is 17.3. The summed E-state index contributed by atoms with van der Waals surface area (Å²) in [6.07, 6.45) is 7.65. The lowest BCUT2D eigenvalue weighted by atomic mass is 9.74. The number of hydrogen-bond acceptors (Lipinski definition) is 1. The molecule has 3 atom stereocenters. The van der Waals surface area contributed by atoms with E-state index in [0.717, 1.165) is 28.4 Å². The molecule has 3 unspecified atom stereocenters. The number of hydrogen-bond donors (Lipinski definition) is 1. The molecule has 3 heteroatoms. The number of nitrogens with one attached hydrogen (secondary N) is 1. The Bertz CT molecular complexity index is 449. The summed E-state index contributed by atoms with van der Waals surface area (Å²) < 4.78 is 1.06. The highest BCUT2D eigenvalue weighted by Crippen LogP contribution is 2.35. The molecule has 0 aromatic heterocycles. The molecule has 1 nitrogen and oxygen atoms in total. The molecule has 0 saturated heterocycles. The molecule has 1 N–H and O–H groups in total. The maximum Gasteiger partial charge on any atom is 0.0449 e. The van der Waals surface area contributed by atoms with E-state index in [9.17, 15) is 0 Å². The summed E-state index contributed by atoms with van der Waals surface area (Å²) >= 11 is 9.91. The minimum absolute atomic E-state index is 0.660. The molecule has 1 fully saturated rings. The van der Waals surface area contributed by atoms with Gasteiger partial charge in [-0.2, -0.15) is 0 Å². The number of halogens is 2. The molecule has 1 aromatic rings. The van der Waals surface area contributed by atoms with Crippen LogP contribution >= 0.6 is 27.5 Å². The first-order valence-corrected chi connectivity index (χ1v) is 9.48. The average molecular weight is 373 g/mol. The third-order valence-electron chi connectivity index (χ3n) is 4.82. The van der Waals surface area contributed by atoms with Crippen LogP contribution in [0.4, 0.5) is 0 Å². The molecular formula is C18H27BrClN. The fraction of sp³-hybridized carbons (Fsp3) is 0.667. The van der Waals surface area contributed by atoms with Crippen LogP contribution in [0, 0.1) is 11.8 Å². The second-order valence-electron chi connectivity index (χ2n) is 6.35. The molecule has 21 heavy (non-hydrogen) atoms. The summed E-state index contributed by atoms with van der Waals surface area (Å²) in [5.74, 6) is 1.61. The third kappa shape index (κ3) is 4.97. The summed E-state index contributed by atoms with van der Waals surface area (Å²) in [5.41, 5.74) is 1.30. The minimum atomic E-state index is 0.660. The van der Waals surface area contributed by atoms with Crippen LogP contribution in [0.25, 0.3) is 0 Å². The molecule has 0 radical (unpaired) electrons. The van der Waals surface area contributed by atoms with Gasteiger partial charge in [-0.3, -0.25) is 0 Å². The summed E-state index contributed by atoms with van der Waals surface area (Å²) in [6.45, 7) is 5.70. The van der Waals surface area contributed by atoms with Crippen molar-refractivity contribution in [3.63, 3.8) is 0 Å². The summed E-state index contributed by atoms with van der Waals surface area (Å²) in [4.78, 5) is 0. The van der Waals surface area contributed by atoms with Crippen LogP contribution in [0.1, 0.15) is 51.5 Å². The van der Waals surface area contributed by atoms with Crippen molar-refractivity contribution in [2.45, 2.75) is 58.4 Å². The molecule has 0 spiro atoms. The van der Waals surface area contributed by atoms with E-state index in [1.54, 1.807) is 0 Å². The van der Waals surface area contributed by atoms with E-state index in [1.165, 1.54) is 37.7 Å². The van der Waals surface area contributed by atoms with Crippen molar-refractivity contribution in [2.75, 3.05) is 6.54 Å². The van der Waals surface area contributed by atoms with Gasteiger partial charge in [0.2, 0.25) is 0 Å². The lowest BCUT2D eigenvalue weighted by Crippen LogP contribution is -2.42. The smallest absolute Gasteiger partial charge is 0.0449 e. The first-order chi connectivity index (χ1) is 10.1. The summed E-state index contributed by atoms with van der Waals surface area (Å²) in [7, 11) is 0. The standard InChI is InChI=1S/C18H27BrClN/c1-3-9-21-18-8-5-13(4-2)10-15(18)11-14-6-7-16(19)12-17(14)20/h6-7,12-13,15,18,21H,3-5,8-11H2,1-2H3. The molecule has 1 saturated carbocycles. The third-order valence-corrected chi connectivity index (χ3v) is 5.67. The number of benzene rings is 1. The van der Waals surface area contributed by atoms with Crippen LogP contribution in [0.2, 0.25) is 5.02 Å². The SMILES string of the molecule is CCCNC1CCC(CC)CC1Cc1ccc(Br)cc1Cl. The zero-order chi connectivity index (χ0) is 15.2. The Kier molecular flexibility index (Phi) is 7.04. The van der Waals surface area contributed by atoms with Crippen LogP contribution in [-0.2, 0) is 6.42 Å². The van der Waals surface area contributed by atoms with Gasteiger partial charge in [0.05, 0.1) is 0 Å². The minimum Gasteiger partial charge on any atom is -0.314 e. The van der Waals surface area contributed by atoms with Crippen molar-refractivity contribution in [2.24, 2.45) is 11.8 Å². The molecule has 0 aliphatic heterocycles. The van der Waals surface area contributed by atoms with Crippen molar-refractivity contribution in [1.82, 2.24) is 5.32 Å². The molecule has 1 aliphatic rings. The Morgan fingerprint density at radius 2 is 2.10 bits per heavy atom. The van der Waals surface area contributed by atoms with E-state index < -0.39 is 0 Å². The molecule has 118 valence electrons. The van der Waals surface area contributed by atoms with Crippen LogP contribution < -0.4 is 5.32 Å². The Hall–Kier alpha value is -0.0500. The van der Waals surface area contributed by atoms with Crippen LogP contribution in [0.3, 0.4) is 0 Å². The fourth-order valence-electron chi connectivity index (χ4n) is 3.53. The van der Waals surface area contributed by atoms with Crippen molar-refractivity contribution < 1.29 is 0 Å². The van der Waals surface area contributed by atoms with Gasteiger partial charge in [-0.1, -0.05) is 53.9 Å². The van der Waals surface area contributed by atoms with Gasteiger partial charge in [-0.25, -0.2) is 0 Å². The van der Waals surface area contributed by atoms with E-state index in [2.05, 4.69) is 47.2 Å². The van der Waals surface area contributed by atoms with Crippen LogP contribution in [-0.4, -0.2) is 12.6 Å². The Morgan fingerprint density at radius 1 is 1.29 bits per heavy atom. The maximum atomic E-state index is 6.42. The average Bonchev–Trinajstić information content (AvgIpc) is 2.48. The molecule has 0 bridgehead atoms. The Balaban J connectivity index is 2.07. The van der Waals surface area contributed by atoms with E-state index in [0.29, 0.717) is 12.0 Å². The molecule has 0 amide bonds. The number of rotatable bonds is 6. The fourth-order valence-corrected chi connectivity index (χ4v) is 4.28. The van der Waals surface area contributed by atoms with Gasteiger partial charge in [0.25, 0.3) is 0 Å². The van der Waals surface area contributed by atoms with Gasteiger partial charge >= 0.3 is 0 Å². The monoisotopic (exact) mass is 371 g/mol. The largest absolute Gasteiger partial charge is 0.314 e.